The summed E-state index contributed by atoms with van der Waals surface area (Å²) in [5.74, 6) is 1.92. The Bertz CT molecular complexity index is 670. The van der Waals surface area contributed by atoms with Crippen molar-refractivity contribution in [2.24, 2.45) is 0 Å². The SMILES string of the molecule is COc1cc(N(C2CC2)C2CCN(C3CCN(C(C)C)C3=O)CC2)ncn1. The fraction of sp³-hybridized carbons (Fsp3) is 0.750. The van der Waals surface area contributed by atoms with Gasteiger partial charge in [0.15, 0.2) is 0 Å². The van der Waals surface area contributed by atoms with Crippen LogP contribution in [0.15, 0.2) is 12.4 Å². The molecule has 0 aromatic carbocycles. The first kappa shape index (κ1) is 18.5. The van der Waals surface area contributed by atoms with E-state index in [-0.39, 0.29) is 6.04 Å². The highest BCUT2D eigenvalue weighted by atomic mass is 16.5. The van der Waals surface area contributed by atoms with Crippen LogP contribution in [0.25, 0.3) is 0 Å². The molecule has 1 aromatic rings. The fourth-order valence-corrected chi connectivity index (χ4v) is 4.62. The first-order chi connectivity index (χ1) is 13.1. The van der Waals surface area contributed by atoms with Gasteiger partial charge in [-0.2, -0.15) is 0 Å². The number of carbonyl (C=O) groups excluding carboxylic acids is 1. The van der Waals surface area contributed by atoms with E-state index in [0.29, 0.717) is 29.9 Å². The maximum absolute atomic E-state index is 12.7. The molecule has 0 N–H and O–H groups in total. The lowest BCUT2D eigenvalue weighted by Crippen LogP contribution is -2.51. The molecule has 3 fully saturated rings. The van der Waals surface area contributed by atoms with Crippen LogP contribution in [0.1, 0.15) is 46.0 Å². The largest absolute Gasteiger partial charge is 0.481 e. The first-order valence-electron chi connectivity index (χ1n) is 10.3. The van der Waals surface area contributed by atoms with Crippen LogP contribution in [-0.4, -0.2) is 76.6 Å². The smallest absolute Gasteiger partial charge is 0.240 e. The highest BCUT2D eigenvalue weighted by Crippen LogP contribution is 2.36. The van der Waals surface area contributed by atoms with Crippen LogP contribution in [0.2, 0.25) is 0 Å². The molecule has 0 spiro atoms. The van der Waals surface area contributed by atoms with Crippen molar-refractivity contribution in [3.63, 3.8) is 0 Å². The van der Waals surface area contributed by atoms with Crippen molar-refractivity contribution in [1.29, 1.82) is 0 Å². The third-order valence-electron chi connectivity index (χ3n) is 6.21. The Hall–Kier alpha value is -1.89. The number of rotatable bonds is 6. The minimum absolute atomic E-state index is 0.0851. The van der Waals surface area contributed by atoms with Crippen LogP contribution in [-0.2, 0) is 4.79 Å². The molecular weight excluding hydrogens is 342 g/mol. The van der Waals surface area contributed by atoms with Crippen molar-refractivity contribution >= 4 is 11.7 Å². The summed E-state index contributed by atoms with van der Waals surface area (Å²) >= 11 is 0. The van der Waals surface area contributed by atoms with Gasteiger partial charge in [0, 0.05) is 43.8 Å². The first-order valence-corrected chi connectivity index (χ1v) is 10.3. The third kappa shape index (κ3) is 3.74. The van der Waals surface area contributed by atoms with Gasteiger partial charge in [-0.3, -0.25) is 9.69 Å². The summed E-state index contributed by atoms with van der Waals surface area (Å²) in [7, 11) is 1.64. The fourth-order valence-electron chi connectivity index (χ4n) is 4.62. The molecule has 1 aromatic heterocycles. The molecule has 1 atom stereocenters. The summed E-state index contributed by atoms with van der Waals surface area (Å²) in [6, 6.07) is 3.41. The number of aromatic nitrogens is 2. The van der Waals surface area contributed by atoms with Gasteiger partial charge in [-0.25, -0.2) is 9.97 Å². The topological polar surface area (TPSA) is 61.8 Å². The van der Waals surface area contributed by atoms with Crippen molar-refractivity contribution in [2.45, 2.75) is 70.1 Å². The second kappa shape index (κ2) is 7.62. The van der Waals surface area contributed by atoms with E-state index in [9.17, 15) is 4.79 Å². The maximum atomic E-state index is 12.7. The second-order valence-corrected chi connectivity index (χ2v) is 8.25. The Morgan fingerprint density at radius 1 is 1.07 bits per heavy atom. The van der Waals surface area contributed by atoms with Gasteiger partial charge in [-0.15, -0.1) is 0 Å². The van der Waals surface area contributed by atoms with Crippen LogP contribution in [0, 0.1) is 0 Å². The van der Waals surface area contributed by atoms with E-state index in [1.54, 1.807) is 13.4 Å². The van der Waals surface area contributed by atoms with E-state index in [1.165, 1.54) is 12.8 Å². The molecule has 0 bridgehead atoms. The van der Waals surface area contributed by atoms with Crippen molar-refractivity contribution in [1.82, 2.24) is 19.8 Å². The molecule has 148 valence electrons. The third-order valence-corrected chi connectivity index (χ3v) is 6.21. The number of anilines is 1. The van der Waals surface area contributed by atoms with E-state index in [4.69, 9.17) is 4.74 Å². The molecule has 1 saturated carbocycles. The Morgan fingerprint density at radius 3 is 2.37 bits per heavy atom. The Kier molecular flexibility index (Phi) is 5.21. The number of ether oxygens (including phenoxy) is 1. The van der Waals surface area contributed by atoms with Crippen molar-refractivity contribution in [2.75, 3.05) is 31.6 Å². The highest BCUT2D eigenvalue weighted by Gasteiger charge is 2.41. The lowest BCUT2D eigenvalue weighted by atomic mass is 10.0. The van der Waals surface area contributed by atoms with Gasteiger partial charge in [0.05, 0.1) is 13.2 Å². The van der Waals surface area contributed by atoms with E-state index in [0.717, 1.165) is 44.7 Å². The van der Waals surface area contributed by atoms with Gasteiger partial charge in [0.25, 0.3) is 0 Å². The van der Waals surface area contributed by atoms with Gasteiger partial charge in [-0.1, -0.05) is 0 Å². The van der Waals surface area contributed by atoms with Gasteiger partial charge >= 0.3 is 0 Å². The van der Waals surface area contributed by atoms with Gasteiger partial charge < -0.3 is 14.5 Å². The van der Waals surface area contributed by atoms with Crippen molar-refractivity contribution in [3.8, 4) is 5.88 Å². The molecule has 1 aliphatic carbocycles. The zero-order valence-electron chi connectivity index (χ0n) is 16.7. The number of nitrogens with zero attached hydrogens (tertiary/aromatic N) is 5. The maximum Gasteiger partial charge on any atom is 0.240 e. The summed E-state index contributed by atoms with van der Waals surface area (Å²) in [4.78, 5) is 28.3. The summed E-state index contributed by atoms with van der Waals surface area (Å²) in [6.45, 7) is 7.08. The molecule has 0 radical (unpaired) electrons. The van der Waals surface area contributed by atoms with Gasteiger partial charge in [-0.05, 0) is 46.0 Å². The average molecular weight is 374 g/mol. The van der Waals surface area contributed by atoms with Crippen LogP contribution >= 0.6 is 0 Å². The Balaban J connectivity index is 1.41. The molecule has 4 rings (SSSR count). The van der Waals surface area contributed by atoms with E-state index < -0.39 is 0 Å². The Labute approximate surface area is 161 Å². The van der Waals surface area contributed by atoms with Gasteiger partial charge in [0.1, 0.15) is 12.1 Å². The summed E-state index contributed by atoms with van der Waals surface area (Å²) in [5.41, 5.74) is 0. The number of hydrogen-bond acceptors (Lipinski definition) is 6. The molecule has 27 heavy (non-hydrogen) atoms. The molecule has 7 heteroatoms. The van der Waals surface area contributed by atoms with E-state index in [1.807, 2.05) is 11.0 Å². The summed E-state index contributed by atoms with van der Waals surface area (Å²) in [5, 5.41) is 0. The van der Waals surface area contributed by atoms with Crippen LogP contribution in [0.5, 0.6) is 5.88 Å². The summed E-state index contributed by atoms with van der Waals surface area (Å²) < 4.78 is 5.29. The van der Waals surface area contributed by atoms with Gasteiger partial charge in [0.2, 0.25) is 11.8 Å². The average Bonchev–Trinajstić information content (AvgIpc) is 3.43. The minimum Gasteiger partial charge on any atom is -0.481 e. The Morgan fingerprint density at radius 2 is 1.78 bits per heavy atom. The molecule has 2 saturated heterocycles. The standard InChI is InChI=1S/C20H31N5O2/c1-14(2)24-11-8-17(20(24)26)23-9-6-16(7-10-23)25(15-4-5-15)18-12-19(27-3)22-13-21-18/h12-17H,4-11H2,1-3H3. The molecule has 3 aliphatic rings. The quantitative estimate of drug-likeness (QED) is 0.759. The highest BCUT2D eigenvalue weighted by molar-refractivity contribution is 5.84. The summed E-state index contributed by atoms with van der Waals surface area (Å²) in [6.07, 6.45) is 7.18. The second-order valence-electron chi connectivity index (χ2n) is 8.25. The normalized spacial score (nSPS) is 24.7. The number of carbonyl (C=O) groups is 1. The molecule has 1 amide bonds. The molecule has 1 unspecified atom stereocenters. The zero-order chi connectivity index (χ0) is 19.0. The number of methoxy groups -OCH3 is 1. The molecular formula is C20H31N5O2. The van der Waals surface area contributed by atoms with E-state index in [2.05, 4.69) is 33.6 Å². The van der Waals surface area contributed by atoms with Crippen molar-refractivity contribution in [3.05, 3.63) is 12.4 Å². The van der Waals surface area contributed by atoms with Crippen LogP contribution in [0.4, 0.5) is 5.82 Å². The number of likely N-dealkylation sites (tertiary alicyclic amines) is 2. The zero-order valence-corrected chi connectivity index (χ0v) is 16.7. The number of amides is 1. The predicted octanol–water partition coefficient (Wildman–Crippen LogP) is 1.93. The number of piperidine rings is 1. The van der Waals surface area contributed by atoms with Crippen LogP contribution in [0.3, 0.4) is 0 Å². The van der Waals surface area contributed by atoms with E-state index >= 15 is 0 Å². The molecule has 7 nitrogen and oxygen atoms in total. The molecule has 2 aliphatic heterocycles. The van der Waals surface area contributed by atoms with Crippen LogP contribution < -0.4 is 9.64 Å². The van der Waals surface area contributed by atoms with Crippen molar-refractivity contribution < 1.29 is 9.53 Å². The molecule has 3 heterocycles. The predicted molar refractivity (Wildman–Crippen MR) is 104 cm³/mol. The number of hydrogen-bond donors (Lipinski definition) is 0. The monoisotopic (exact) mass is 373 g/mol. The minimum atomic E-state index is 0.0851. The lowest BCUT2D eigenvalue weighted by molar-refractivity contribution is -0.133. The lowest BCUT2D eigenvalue weighted by Gasteiger charge is -2.41.